The number of alkyl halides is 2. The van der Waals surface area contributed by atoms with E-state index in [2.05, 4.69) is 25.1 Å². The monoisotopic (exact) mass is 500 g/mol. The fourth-order valence-electron chi connectivity index (χ4n) is 5.19. The molecule has 5 rings (SSSR count). The molecule has 1 N–H and O–H groups in total. The number of nitrogens with zero attached hydrogens (tertiary/aromatic N) is 5. The SMILES string of the molecule is Cc1nc(N[C@H](C)c2cccc(C(F)F)c2F)c2cc(N3CCN(C4CCC4)CC3)c(=O)n(C)c2n1. The van der Waals surface area contributed by atoms with Gasteiger partial charge in [-0.3, -0.25) is 14.3 Å². The van der Waals surface area contributed by atoms with E-state index in [1.165, 1.54) is 36.0 Å². The smallest absolute Gasteiger partial charge is 0.275 e. The van der Waals surface area contributed by atoms with E-state index in [0.29, 0.717) is 34.4 Å². The second kappa shape index (κ2) is 9.72. The lowest BCUT2D eigenvalue weighted by Crippen LogP contribution is -2.53. The minimum atomic E-state index is -2.90. The minimum Gasteiger partial charge on any atom is -0.364 e. The summed E-state index contributed by atoms with van der Waals surface area (Å²) in [4.78, 5) is 26.9. The Labute approximate surface area is 207 Å². The molecule has 2 aliphatic rings. The molecule has 36 heavy (non-hydrogen) atoms. The molecular formula is C26H31F3N6O. The fraction of sp³-hybridized carbons (Fsp3) is 0.500. The molecule has 3 aromatic rings. The second-order valence-corrected chi connectivity index (χ2v) is 9.78. The van der Waals surface area contributed by atoms with Crippen LogP contribution in [0, 0.1) is 12.7 Å². The van der Waals surface area contributed by atoms with Gasteiger partial charge >= 0.3 is 0 Å². The Bertz CT molecular complexity index is 1330. The van der Waals surface area contributed by atoms with Crippen LogP contribution in [-0.2, 0) is 7.05 Å². The van der Waals surface area contributed by atoms with Gasteiger partial charge in [0, 0.05) is 44.8 Å². The van der Waals surface area contributed by atoms with Crippen molar-refractivity contribution >= 4 is 22.5 Å². The van der Waals surface area contributed by atoms with E-state index in [4.69, 9.17) is 0 Å². The largest absolute Gasteiger partial charge is 0.364 e. The molecule has 1 saturated heterocycles. The second-order valence-electron chi connectivity index (χ2n) is 9.78. The molecule has 10 heteroatoms. The van der Waals surface area contributed by atoms with E-state index in [0.717, 1.165) is 32.2 Å². The third-order valence-corrected chi connectivity index (χ3v) is 7.52. The number of aromatic nitrogens is 3. The maximum atomic E-state index is 14.8. The van der Waals surface area contributed by atoms with Gasteiger partial charge in [0.05, 0.1) is 17.0 Å². The zero-order valence-electron chi connectivity index (χ0n) is 20.8. The Morgan fingerprint density at radius 1 is 1.08 bits per heavy atom. The summed E-state index contributed by atoms with van der Waals surface area (Å²) >= 11 is 0. The lowest BCUT2D eigenvalue weighted by molar-refractivity contribution is 0.120. The van der Waals surface area contributed by atoms with E-state index in [1.807, 2.05) is 0 Å². The quantitative estimate of drug-likeness (QED) is 0.535. The average molecular weight is 501 g/mol. The Morgan fingerprint density at radius 2 is 1.78 bits per heavy atom. The van der Waals surface area contributed by atoms with Crippen molar-refractivity contribution in [1.29, 1.82) is 0 Å². The van der Waals surface area contributed by atoms with Crippen LogP contribution in [0.1, 0.15) is 55.6 Å². The lowest BCUT2D eigenvalue weighted by Gasteiger charge is -2.43. The van der Waals surface area contributed by atoms with E-state index >= 15 is 0 Å². The van der Waals surface area contributed by atoms with Gasteiger partial charge in [0.25, 0.3) is 12.0 Å². The van der Waals surface area contributed by atoms with Gasteiger partial charge in [0.1, 0.15) is 28.8 Å². The van der Waals surface area contributed by atoms with E-state index in [1.54, 1.807) is 27.0 Å². The van der Waals surface area contributed by atoms with Gasteiger partial charge in [-0.1, -0.05) is 24.6 Å². The number of nitrogens with one attached hydrogen (secondary N) is 1. The fourth-order valence-corrected chi connectivity index (χ4v) is 5.19. The Hall–Kier alpha value is -3.14. The first kappa shape index (κ1) is 24.5. The number of hydrogen-bond donors (Lipinski definition) is 1. The summed E-state index contributed by atoms with van der Waals surface area (Å²) in [6.45, 7) is 6.75. The van der Waals surface area contributed by atoms with Gasteiger partial charge in [0.2, 0.25) is 0 Å². The highest BCUT2D eigenvalue weighted by Gasteiger charge is 2.29. The number of aryl methyl sites for hydroxylation is 2. The summed E-state index contributed by atoms with van der Waals surface area (Å²) < 4.78 is 42.8. The van der Waals surface area contributed by atoms with Gasteiger partial charge in [-0.15, -0.1) is 0 Å². The number of piperazine rings is 1. The molecule has 0 radical (unpaired) electrons. The first-order chi connectivity index (χ1) is 17.2. The molecule has 1 atom stereocenters. The molecule has 0 unspecified atom stereocenters. The van der Waals surface area contributed by atoms with Crippen molar-refractivity contribution in [3.05, 3.63) is 57.4 Å². The minimum absolute atomic E-state index is 0.120. The van der Waals surface area contributed by atoms with Gasteiger partial charge in [-0.05, 0) is 32.8 Å². The standard InChI is InChI=1S/C26H31F3N6O/c1-15(18-8-5-9-19(22(18)27)23(28)29)30-24-20-14-21(26(36)33(3)25(20)32-16(2)31-24)35-12-10-34(11-13-35)17-6-4-7-17/h5,8-9,14-15,17,23H,4,6-7,10-13H2,1-3H3,(H,30,31,32)/t15-/m1/s1. The highest BCUT2D eigenvalue weighted by Crippen LogP contribution is 2.31. The molecule has 1 aliphatic heterocycles. The van der Waals surface area contributed by atoms with Crippen molar-refractivity contribution in [3.8, 4) is 0 Å². The maximum Gasteiger partial charge on any atom is 0.275 e. The van der Waals surface area contributed by atoms with Crippen LogP contribution < -0.4 is 15.8 Å². The van der Waals surface area contributed by atoms with Crippen LogP contribution in [0.3, 0.4) is 0 Å². The number of fused-ring (bicyclic) bond motifs is 1. The third kappa shape index (κ3) is 4.42. The molecule has 1 aliphatic carbocycles. The Kier molecular flexibility index (Phi) is 6.63. The third-order valence-electron chi connectivity index (χ3n) is 7.52. The van der Waals surface area contributed by atoms with Gasteiger partial charge < -0.3 is 10.2 Å². The summed E-state index contributed by atoms with van der Waals surface area (Å²) in [5.41, 5.74) is 0.394. The molecule has 7 nitrogen and oxygen atoms in total. The Morgan fingerprint density at radius 3 is 2.42 bits per heavy atom. The topological polar surface area (TPSA) is 66.3 Å². The van der Waals surface area contributed by atoms with Crippen LogP contribution in [0.5, 0.6) is 0 Å². The molecule has 3 heterocycles. The van der Waals surface area contributed by atoms with Crippen LogP contribution in [-0.4, -0.2) is 51.7 Å². The summed E-state index contributed by atoms with van der Waals surface area (Å²) in [6, 6.07) is 5.83. The van der Waals surface area contributed by atoms with E-state index < -0.39 is 23.8 Å². The number of pyridine rings is 1. The van der Waals surface area contributed by atoms with Crippen molar-refractivity contribution in [2.45, 2.75) is 51.6 Å². The summed E-state index contributed by atoms with van der Waals surface area (Å²) in [6.07, 6.45) is 0.895. The van der Waals surface area contributed by atoms with Crippen molar-refractivity contribution in [3.63, 3.8) is 0 Å². The van der Waals surface area contributed by atoms with Gasteiger partial charge in [-0.2, -0.15) is 0 Å². The molecule has 1 aromatic carbocycles. The molecule has 0 amide bonds. The Balaban J connectivity index is 1.49. The molecule has 2 fully saturated rings. The van der Waals surface area contributed by atoms with Gasteiger partial charge in [0.15, 0.2) is 0 Å². The number of halogens is 3. The van der Waals surface area contributed by atoms with Crippen LogP contribution in [0.2, 0.25) is 0 Å². The van der Waals surface area contributed by atoms with E-state index in [9.17, 15) is 18.0 Å². The number of hydrogen-bond acceptors (Lipinski definition) is 6. The van der Waals surface area contributed by atoms with Crippen molar-refractivity contribution in [1.82, 2.24) is 19.4 Å². The zero-order chi connectivity index (χ0) is 25.6. The molecule has 192 valence electrons. The summed E-state index contributed by atoms with van der Waals surface area (Å²) in [7, 11) is 1.68. The number of benzene rings is 1. The average Bonchev–Trinajstić information content (AvgIpc) is 2.81. The van der Waals surface area contributed by atoms with Crippen LogP contribution in [0.4, 0.5) is 24.7 Å². The summed E-state index contributed by atoms with van der Waals surface area (Å²) in [5, 5.41) is 3.81. The highest BCUT2D eigenvalue weighted by atomic mass is 19.3. The first-order valence-corrected chi connectivity index (χ1v) is 12.4. The first-order valence-electron chi connectivity index (χ1n) is 12.4. The van der Waals surface area contributed by atoms with Crippen molar-refractivity contribution in [2.75, 3.05) is 36.4 Å². The normalized spacial score (nSPS) is 18.0. The van der Waals surface area contributed by atoms with Crippen molar-refractivity contribution < 1.29 is 13.2 Å². The van der Waals surface area contributed by atoms with Crippen LogP contribution in [0.15, 0.2) is 29.1 Å². The number of anilines is 2. The molecule has 0 bridgehead atoms. The van der Waals surface area contributed by atoms with E-state index in [-0.39, 0.29) is 11.1 Å². The zero-order valence-corrected chi connectivity index (χ0v) is 20.8. The molecular weight excluding hydrogens is 469 g/mol. The molecule has 2 aromatic heterocycles. The van der Waals surface area contributed by atoms with Crippen LogP contribution >= 0.6 is 0 Å². The van der Waals surface area contributed by atoms with Gasteiger partial charge in [-0.25, -0.2) is 23.1 Å². The molecule has 1 saturated carbocycles. The molecule has 0 spiro atoms. The maximum absolute atomic E-state index is 14.8. The summed E-state index contributed by atoms with van der Waals surface area (Å²) in [5.74, 6) is -0.0623. The highest BCUT2D eigenvalue weighted by molar-refractivity contribution is 5.89. The lowest BCUT2D eigenvalue weighted by atomic mass is 9.91. The number of rotatable bonds is 6. The predicted octanol–water partition coefficient (Wildman–Crippen LogP) is 4.56. The predicted molar refractivity (Wildman–Crippen MR) is 134 cm³/mol. The van der Waals surface area contributed by atoms with Crippen molar-refractivity contribution in [2.24, 2.45) is 7.05 Å². The van der Waals surface area contributed by atoms with Crippen LogP contribution in [0.25, 0.3) is 11.0 Å².